The Morgan fingerprint density at radius 2 is 1.81 bits per heavy atom. The summed E-state index contributed by atoms with van der Waals surface area (Å²) in [4.78, 5) is 23.9. The van der Waals surface area contributed by atoms with Gasteiger partial charge in [-0.15, -0.1) is 0 Å². The third-order valence-electron chi connectivity index (χ3n) is 5.17. The fourth-order valence-electron chi connectivity index (χ4n) is 3.58. The van der Waals surface area contributed by atoms with Crippen molar-refractivity contribution < 1.29 is 22.4 Å². The predicted octanol–water partition coefficient (Wildman–Crippen LogP) is 2.67. The molecule has 1 saturated heterocycles. The van der Waals surface area contributed by atoms with E-state index in [1.165, 1.54) is 17.3 Å². The molecule has 0 bridgehead atoms. The van der Waals surface area contributed by atoms with Crippen LogP contribution in [0, 0.1) is 5.92 Å². The minimum atomic E-state index is -3.88. The van der Waals surface area contributed by atoms with Crippen molar-refractivity contribution in [1.29, 1.82) is 0 Å². The Morgan fingerprint density at radius 3 is 2.47 bits per heavy atom. The molecule has 1 aliphatic heterocycles. The number of sulfonamides is 1. The molecule has 11 heteroatoms. The lowest BCUT2D eigenvalue weighted by molar-refractivity contribution is -0.121. The van der Waals surface area contributed by atoms with Crippen LogP contribution in [0.5, 0.6) is 0 Å². The standard InChI is InChI=1S/C21H23N5O5S/c1-14(27)23-16-4-6-17(7-5-16)24-21(28)15-3-2-12-26(13-15)32(29,30)20-9-8-19(31-20)18-10-11-22-25-18/h4-11,15H,2-3,12-13H2,1H3,(H,22,25)(H,23,27)(H,24,28)/t15-/m0/s1. The fraction of sp³-hybridized carbons (Fsp3) is 0.286. The maximum Gasteiger partial charge on any atom is 0.276 e. The normalized spacial score (nSPS) is 17.1. The first-order chi connectivity index (χ1) is 15.3. The quantitative estimate of drug-likeness (QED) is 0.520. The highest BCUT2D eigenvalue weighted by atomic mass is 32.2. The minimum Gasteiger partial charge on any atom is -0.442 e. The summed E-state index contributed by atoms with van der Waals surface area (Å²) in [6.45, 7) is 1.80. The van der Waals surface area contributed by atoms with Gasteiger partial charge in [-0.05, 0) is 55.3 Å². The Labute approximate surface area is 185 Å². The monoisotopic (exact) mass is 457 g/mol. The van der Waals surface area contributed by atoms with Gasteiger partial charge in [0.05, 0.1) is 5.92 Å². The van der Waals surface area contributed by atoms with Crippen molar-refractivity contribution in [1.82, 2.24) is 14.5 Å². The van der Waals surface area contributed by atoms with Crippen LogP contribution in [0.3, 0.4) is 0 Å². The summed E-state index contributed by atoms with van der Waals surface area (Å²) in [5.74, 6) is -0.557. The van der Waals surface area contributed by atoms with E-state index in [0.717, 1.165) is 0 Å². The summed E-state index contributed by atoms with van der Waals surface area (Å²) in [7, 11) is -3.88. The first kappa shape index (κ1) is 21.8. The van der Waals surface area contributed by atoms with E-state index >= 15 is 0 Å². The van der Waals surface area contributed by atoms with Gasteiger partial charge in [-0.3, -0.25) is 14.7 Å². The van der Waals surface area contributed by atoms with Crippen LogP contribution in [-0.2, 0) is 19.6 Å². The number of aromatic amines is 1. The molecule has 3 aromatic rings. The van der Waals surface area contributed by atoms with Gasteiger partial charge in [0.1, 0.15) is 5.69 Å². The van der Waals surface area contributed by atoms with E-state index in [2.05, 4.69) is 20.8 Å². The zero-order chi connectivity index (χ0) is 22.7. The SMILES string of the molecule is CC(=O)Nc1ccc(NC(=O)[C@H]2CCCN(S(=O)(=O)c3ccc(-c4ccn[nH]4)o3)C2)cc1. The number of rotatable bonds is 6. The smallest absolute Gasteiger partial charge is 0.276 e. The van der Waals surface area contributed by atoms with Crippen LogP contribution in [0.1, 0.15) is 19.8 Å². The molecule has 0 unspecified atom stereocenters. The third-order valence-corrected chi connectivity index (χ3v) is 6.91. The van der Waals surface area contributed by atoms with Gasteiger partial charge in [0.2, 0.25) is 16.9 Å². The molecular weight excluding hydrogens is 434 g/mol. The van der Waals surface area contributed by atoms with Crippen molar-refractivity contribution in [3.05, 3.63) is 48.7 Å². The fourth-order valence-corrected chi connectivity index (χ4v) is 5.02. The number of benzene rings is 1. The Bertz CT molecular complexity index is 1200. The average molecular weight is 458 g/mol. The second kappa shape index (κ2) is 8.97. The Morgan fingerprint density at radius 1 is 1.09 bits per heavy atom. The van der Waals surface area contributed by atoms with E-state index in [4.69, 9.17) is 4.42 Å². The molecule has 10 nitrogen and oxygen atoms in total. The van der Waals surface area contributed by atoms with Crippen LogP contribution in [0.2, 0.25) is 0 Å². The van der Waals surface area contributed by atoms with Crippen LogP contribution in [-0.4, -0.2) is 47.8 Å². The number of piperidine rings is 1. The number of nitrogens with one attached hydrogen (secondary N) is 3. The van der Waals surface area contributed by atoms with E-state index in [1.807, 2.05) is 0 Å². The third kappa shape index (κ3) is 4.73. The number of hydrogen-bond donors (Lipinski definition) is 3. The van der Waals surface area contributed by atoms with Crippen molar-refractivity contribution in [2.75, 3.05) is 23.7 Å². The molecule has 1 aliphatic rings. The van der Waals surface area contributed by atoms with E-state index in [9.17, 15) is 18.0 Å². The van der Waals surface area contributed by atoms with E-state index < -0.39 is 15.9 Å². The first-order valence-electron chi connectivity index (χ1n) is 10.1. The molecule has 1 atom stereocenters. The summed E-state index contributed by atoms with van der Waals surface area (Å²) in [6.07, 6.45) is 2.69. The van der Waals surface area contributed by atoms with Gasteiger partial charge in [-0.1, -0.05) is 0 Å². The maximum absolute atomic E-state index is 13.1. The number of anilines is 2. The van der Waals surface area contributed by atoms with E-state index in [0.29, 0.717) is 42.2 Å². The summed E-state index contributed by atoms with van der Waals surface area (Å²) in [5.41, 5.74) is 1.77. The molecule has 3 N–H and O–H groups in total. The molecule has 0 aliphatic carbocycles. The number of carbonyl (C=O) groups excluding carboxylic acids is 2. The van der Waals surface area contributed by atoms with Crippen molar-refractivity contribution in [2.45, 2.75) is 24.9 Å². The number of furan rings is 1. The van der Waals surface area contributed by atoms with Crippen LogP contribution in [0.4, 0.5) is 11.4 Å². The first-order valence-corrected chi connectivity index (χ1v) is 11.6. The lowest BCUT2D eigenvalue weighted by Gasteiger charge is -2.30. The topological polar surface area (TPSA) is 137 Å². The summed E-state index contributed by atoms with van der Waals surface area (Å²) in [6, 6.07) is 11.4. The highest BCUT2D eigenvalue weighted by molar-refractivity contribution is 7.89. The largest absolute Gasteiger partial charge is 0.442 e. The van der Waals surface area contributed by atoms with Gasteiger partial charge in [-0.2, -0.15) is 9.40 Å². The van der Waals surface area contributed by atoms with Crippen molar-refractivity contribution in [2.24, 2.45) is 5.92 Å². The molecule has 1 aromatic carbocycles. The maximum atomic E-state index is 13.1. The molecule has 32 heavy (non-hydrogen) atoms. The van der Waals surface area contributed by atoms with Crippen LogP contribution in [0.15, 0.2) is 58.2 Å². The second-order valence-electron chi connectivity index (χ2n) is 7.54. The Kier molecular flexibility index (Phi) is 6.10. The lowest BCUT2D eigenvalue weighted by atomic mass is 9.98. The number of amides is 2. The second-order valence-corrected chi connectivity index (χ2v) is 9.41. The molecule has 0 spiro atoms. The highest BCUT2D eigenvalue weighted by Crippen LogP contribution is 2.28. The number of aromatic nitrogens is 2. The van der Waals surface area contributed by atoms with Gasteiger partial charge in [0, 0.05) is 37.6 Å². The average Bonchev–Trinajstić information content (AvgIpc) is 3.47. The van der Waals surface area contributed by atoms with Gasteiger partial charge in [0.15, 0.2) is 5.76 Å². The number of hydrogen-bond acceptors (Lipinski definition) is 6. The molecular formula is C21H23N5O5S. The molecule has 0 radical (unpaired) electrons. The van der Waals surface area contributed by atoms with Crippen molar-refractivity contribution in [3.63, 3.8) is 0 Å². The van der Waals surface area contributed by atoms with Gasteiger partial charge >= 0.3 is 0 Å². The van der Waals surface area contributed by atoms with Crippen LogP contribution < -0.4 is 10.6 Å². The minimum absolute atomic E-state index is 0.0677. The van der Waals surface area contributed by atoms with E-state index in [1.54, 1.807) is 42.6 Å². The van der Waals surface area contributed by atoms with Gasteiger partial charge in [0.25, 0.3) is 10.0 Å². The molecule has 0 saturated carbocycles. The number of nitrogens with zero attached hydrogens (tertiary/aromatic N) is 2. The molecule has 2 aromatic heterocycles. The molecule has 168 valence electrons. The molecule has 1 fully saturated rings. The zero-order valence-electron chi connectivity index (χ0n) is 17.4. The summed E-state index contributed by atoms with van der Waals surface area (Å²) < 4.78 is 33.0. The Hall–Kier alpha value is -3.44. The molecule has 3 heterocycles. The van der Waals surface area contributed by atoms with Crippen molar-refractivity contribution in [3.8, 4) is 11.5 Å². The van der Waals surface area contributed by atoms with Crippen LogP contribution in [0.25, 0.3) is 11.5 Å². The van der Waals surface area contributed by atoms with Crippen LogP contribution >= 0.6 is 0 Å². The highest BCUT2D eigenvalue weighted by Gasteiger charge is 2.35. The summed E-state index contributed by atoms with van der Waals surface area (Å²) in [5, 5.41) is 11.9. The number of H-pyrrole nitrogens is 1. The van der Waals surface area contributed by atoms with Gasteiger partial charge < -0.3 is 15.1 Å². The van der Waals surface area contributed by atoms with E-state index in [-0.39, 0.29) is 23.5 Å². The Balaban J connectivity index is 1.42. The van der Waals surface area contributed by atoms with Crippen molar-refractivity contribution >= 4 is 33.2 Å². The van der Waals surface area contributed by atoms with Gasteiger partial charge in [-0.25, -0.2) is 8.42 Å². The lowest BCUT2D eigenvalue weighted by Crippen LogP contribution is -2.43. The predicted molar refractivity (Wildman–Crippen MR) is 117 cm³/mol. The molecule has 2 amide bonds. The molecule has 4 rings (SSSR count). The zero-order valence-corrected chi connectivity index (χ0v) is 18.2. The number of carbonyl (C=O) groups is 2. The summed E-state index contributed by atoms with van der Waals surface area (Å²) >= 11 is 0.